The van der Waals surface area contributed by atoms with Gasteiger partial charge in [-0.15, -0.1) is 11.3 Å². The quantitative estimate of drug-likeness (QED) is 0.618. The molecule has 0 aliphatic heterocycles. The molecule has 0 bridgehead atoms. The molecule has 0 saturated carbocycles. The second-order valence-electron chi connectivity index (χ2n) is 3.05. The number of hydrogen-bond donors (Lipinski definition) is 1. The summed E-state index contributed by atoms with van der Waals surface area (Å²) in [5.74, 6) is 4.95. The van der Waals surface area contributed by atoms with E-state index in [9.17, 15) is 0 Å². The van der Waals surface area contributed by atoms with Gasteiger partial charge in [-0.2, -0.15) is 0 Å². The lowest BCUT2D eigenvalue weighted by molar-refractivity contribution is 0.135. The number of para-hydroxylation sites is 1. The third-order valence-electron chi connectivity index (χ3n) is 1.99. The number of thiazole rings is 1. The van der Waals surface area contributed by atoms with Crippen LogP contribution < -0.4 is 5.90 Å². The van der Waals surface area contributed by atoms with E-state index in [2.05, 4.69) is 15.9 Å². The van der Waals surface area contributed by atoms with E-state index in [1.807, 2.05) is 18.2 Å². The van der Waals surface area contributed by atoms with E-state index in [0.29, 0.717) is 6.61 Å². The third kappa shape index (κ3) is 2.09. The van der Waals surface area contributed by atoms with Crippen LogP contribution in [0.5, 0.6) is 0 Å². The van der Waals surface area contributed by atoms with E-state index in [-0.39, 0.29) is 0 Å². The summed E-state index contributed by atoms with van der Waals surface area (Å²) in [6.07, 6.45) is 1.87. The lowest BCUT2D eigenvalue weighted by atomic mass is 10.3. The summed E-state index contributed by atoms with van der Waals surface area (Å²) in [7, 11) is 0. The van der Waals surface area contributed by atoms with Crippen molar-refractivity contribution in [3.63, 3.8) is 0 Å². The zero-order valence-electron chi connectivity index (χ0n) is 7.77. The predicted molar refractivity (Wildman–Crippen MR) is 58.1 cm³/mol. The SMILES string of the molecule is NOCCCc1nc2ccccc2s1. The van der Waals surface area contributed by atoms with E-state index < -0.39 is 0 Å². The fourth-order valence-corrected chi connectivity index (χ4v) is 2.34. The molecule has 0 aliphatic carbocycles. The van der Waals surface area contributed by atoms with E-state index in [1.165, 1.54) is 4.70 Å². The first-order valence-corrected chi connectivity index (χ1v) is 5.38. The Balaban J connectivity index is 2.11. The van der Waals surface area contributed by atoms with Crippen LogP contribution in [0.2, 0.25) is 0 Å². The van der Waals surface area contributed by atoms with Gasteiger partial charge in [-0.3, -0.25) is 0 Å². The van der Waals surface area contributed by atoms with E-state index >= 15 is 0 Å². The molecule has 0 amide bonds. The Morgan fingerprint density at radius 2 is 2.21 bits per heavy atom. The maximum Gasteiger partial charge on any atom is 0.0939 e. The van der Waals surface area contributed by atoms with Crippen molar-refractivity contribution in [3.8, 4) is 0 Å². The first-order valence-electron chi connectivity index (χ1n) is 4.56. The third-order valence-corrected chi connectivity index (χ3v) is 3.09. The highest BCUT2D eigenvalue weighted by molar-refractivity contribution is 7.18. The molecule has 1 heterocycles. The summed E-state index contributed by atoms with van der Waals surface area (Å²) in [5, 5.41) is 1.16. The first-order chi connectivity index (χ1) is 6.90. The fourth-order valence-electron chi connectivity index (χ4n) is 1.33. The number of rotatable bonds is 4. The van der Waals surface area contributed by atoms with Gasteiger partial charge in [-0.05, 0) is 18.6 Å². The van der Waals surface area contributed by atoms with Crippen molar-refractivity contribution in [1.29, 1.82) is 0 Å². The molecule has 2 N–H and O–H groups in total. The molecule has 3 nitrogen and oxygen atoms in total. The van der Waals surface area contributed by atoms with Gasteiger partial charge in [0.15, 0.2) is 0 Å². The number of nitrogens with two attached hydrogens (primary N) is 1. The molecule has 0 saturated heterocycles. The Hall–Kier alpha value is -0.970. The van der Waals surface area contributed by atoms with Crippen LogP contribution in [0, 0.1) is 0 Å². The van der Waals surface area contributed by atoms with E-state index in [1.54, 1.807) is 11.3 Å². The van der Waals surface area contributed by atoms with Gasteiger partial charge < -0.3 is 4.84 Å². The van der Waals surface area contributed by atoms with Gasteiger partial charge in [0.05, 0.1) is 21.8 Å². The zero-order valence-corrected chi connectivity index (χ0v) is 8.59. The summed E-state index contributed by atoms with van der Waals surface area (Å²) >= 11 is 1.74. The minimum absolute atomic E-state index is 0.593. The Morgan fingerprint density at radius 3 is 3.00 bits per heavy atom. The van der Waals surface area contributed by atoms with Gasteiger partial charge in [-0.1, -0.05) is 12.1 Å². The second-order valence-corrected chi connectivity index (χ2v) is 4.16. The highest BCUT2D eigenvalue weighted by Gasteiger charge is 2.01. The normalized spacial score (nSPS) is 10.9. The average molecular weight is 208 g/mol. The number of benzene rings is 1. The molecule has 2 aromatic rings. The van der Waals surface area contributed by atoms with Gasteiger partial charge in [0.25, 0.3) is 0 Å². The first kappa shape index (κ1) is 9.58. The van der Waals surface area contributed by atoms with Gasteiger partial charge in [-0.25, -0.2) is 10.9 Å². The molecular formula is C10H12N2OS. The van der Waals surface area contributed by atoms with Crippen LogP contribution in [-0.2, 0) is 11.3 Å². The highest BCUT2D eigenvalue weighted by atomic mass is 32.1. The number of nitrogens with zero attached hydrogens (tertiary/aromatic N) is 1. The van der Waals surface area contributed by atoms with Crippen LogP contribution >= 0.6 is 11.3 Å². The molecular weight excluding hydrogens is 196 g/mol. The van der Waals surface area contributed by atoms with Crippen molar-refractivity contribution < 1.29 is 4.84 Å². The molecule has 14 heavy (non-hydrogen) atoms. The summed E-state index contributed by atoms with van der Waals surface area (Å²) < 4.78 is 1.25. The van der Waals surface area contributed by atoms with Gasteiger partial charge in [0, 0.05) is 6.42 Å². The maximum atomic E-state index is 4.95. The molecule has 0 unspecified atom stereocenters. The number of fused-ring (bicyclic) bond motifs is 1. The lowest BCUT2D eigenvalue weighted by Gasteiger charge is -1.93. The zero-order chi connectivity index (χ0) is 9.80. The van der Waals surface area contributed by atoms with Crippen LogP contribution in [-0.4, -0.2) is 11.6 Å². The number of hydrogen-bond acceptors (Lipinski definition) is 4. The maximum absolute atomic E-state index is 4.95. The van der Waals surface area contributed by atoms with Crippen LogP contribution in [0.4, 0.5) is 0 Å². The predicted octanol–water partition coefficient (Wildman–Crippen LogP) is 2.12. The summed E-state index contributed by atoms with van der Waals surface area (Å²) in [6, 6.07) is 8.17. The second kappa shape index (κ2) is 4.50. The van der Waals surface area contributed by atoms with Gasteiger partial charge >= 0.3 is 0 Å². The molecule has 1 aromatic heterocycles. The Bertz CT molecular complexity index is 380. The lowest BCUT2D eigenvalue weighted by Crippen LogP contribution is -2.01. The number of aryl methyl sites for hydroxylation is 1. The molecule has 74 valence electrons. The van der Waals surface area contributed by atoms with E-state index in [0.717, 1.165) is 23.4 Å². The van der Waals surface area contributed by atoms with Crippen molar-refractivity contribution in [2.24, 2.45) is 5.90 Å². The molecule has 0 fully saturated rings. The largest absolute Gasteiger partial charge is 0.305 e. The molecule has 2 rings (SSSR count). The smallest absolute Gasteiger partial charge is 0.0939 e. The Kier molecular flexibility index (Phi) is 3.08. The minimum Gasteiger partial charge on any atom is -0.305 e. The van der Waals surface area contributed by atoms with Crippen molar-refractivity contribution >= 4 is 21.6 Å². The fraction of sp³-hybridized carbons (Fsp3) is 0.300. The average Bonchev–Trinajstić information content (AvgIpc) is 2.60. The summed E-state index contributed by atoms with van der Waals surface area (Å²) in [5.41, 5.74) is 1.08. The van der Waals surface area contributed by atoms with Crippen LogP contribution in [0.1, 0.15) is 11.4 Å². The minimum atomic E-state index is 0.593. The standard InChI is InChI=1S/C10H12N2OS/c11-13-7-3-6-10-12-8-4-1-2-5-9(8)14-10/h1-2,4-5H,3,6-7,11H2. The van der Waals surface area contributed by atoms with Gasteiger partial charge in [0.1, 0.15) is 0 Å². The molecule has 4 heteroatoms. The molecule has 0 radical (unpaired) electrons. The van der Waals surface area contributed by atoms with Crippen LogP contribution in [0.15, 0.2) is 24.3 Å². The summed E-state index contributed by atoms with van der Waals surface area (Å²) in [4.78, 5) is 9.02. The molecule has 1 aromatic carbocycles. The topological polar surface area (TPSA) is 48.1 Å². The molecule has 0 spiro atoms. The van der Waals surface area contributed by atoms with Crippen LogP contribution in [0.3, 0.4) is 0 Å². The molecule has 0 atom stereocenters. The van der Waals surface area contributed by atoms with Crippen molar-refractivity contribution in [3.05, 3.63) is 29.3 Å². The summed E-state index contributed by atoms with van der Waals surface area (Å²) in [6.45, 7) is 0.593. The Labute approximate surface area is 86.5 Å². The van der Waals surface area contributed by atoms with Crippen LogP contribution in [0.25, 0.3) is 10.2 Å². The Morgan fingerprint density at radius 1 is 1.36 bits per heavy atom. The highest BCUT2D eigenvalue weighted by Crippen LogP contribution is 2.22. The molecule has 0 aliphatic rings. The monoisotopic (exact) mass is 208 g/mol. The van der Waals surface area contributed by atoms with Crippen molar-refractivity contribution in [1.82, 2.24) is 4.98 Å². The van der Waals surface area contributed by atoms with Gasteiger partial charge in [0.2, 0.25) is 0 Å². The van der Waals surface area contributed by atoms with Crippen molar-refractivity contribution in [2.45, 2.75) is 12.8 Å². The number of aromatic nitrogens is 1. The van der Waals surface area contributed by atoms with Crippen molar-refractivity contribution in [2.75, 3.05) is 6.61 Å². The van der Waals surface area contributed by atoms with E-state index in [4.69, 9.17) is 5.90 Å².